The molecule has 4 rings (SSSR count). The van der Waals surface area contributed by atoms with Crippen molar-refractivity contribution < 1.29 is 14.3 Å². The molecule has 0 spiro atoms. The molecule has 6 nitrogen and oxygen atoms in total. The van der Waals surface area contributed by atoms with Crippen LogP contribution < -0.4 is 5.43 Å². The molecule has 0 unspecified atom stereocenters. The lowest BCUT2D eigenvalue weighted by atomic mass is 10.1. The second-order valence-corrected chi connectivity index (χ2v) is 6.86. The average Bonchev–Trinajstić information content (AvgIpc) is 2.70. The van der Waals surface area contributed by atoms with Crippen LogP contribution in [0.1, 0.15) is 16.1 Å². The van der Waals surface area contributed by atoms with Crippen LogP contribution >= 0.6 is 11.6 Å². The van der Waals surface area contributed by atoms with E-state index in [2.05, 4.69) is 4.98 Å². The van der Waals surface area contributed by atoms with E-state index in [0.717, 1.165) is 0 Å². The standard InChI is InChI=1S/C20H15ClFN3O3/c21-14-9-12(4-5-15(14)22)10-25-8-7-24-11-13(16-3-1-2-6-23-16)18(26)19(27)17(24)20(25)28/h1-6,9,11,27H,7-8,10H2. The minimum Gasteiger partial charge on any atom is -0.503 e. The quantitative estimate of drug-likeness (QED) is 0.734. The molecule has 2 aromatic heterocycles. The first-order valence-corrected chi connectivity index (χ1v) is 8.94. The van der Waals surface area contributed by atoms with Crippen LogP contribution in [0.4, 0.5) is 4.39 Å². The molecule has 142 valence electrons. The van der Waals surface area contributed by atoms with Crippen molar-refractivity contribution in [2.75, 3.05) is 6.54 Å². The van der Waals surface area contributed by atoms with Crippen LogP contribution in [0, 0.1) is 5.82 Å². The minimum absolute atomic E-state index is 0.0265. The molecule has 1 aliphatic heterocycles. The normalized spacial score (nSPS) is 13.5. The summed E-state index contributed by atoms with van der Waals surface area (Å²) in [6.07, 6.45) is 3.10. The second-order valence-electron chi connectivity index (χ2n) is 6.45. The molecule has 3 heterocycles. The number of aromatic nitrogens is 2. The highest BCUT2D eigenvalue weighted by atomic mass is 35.5. The molecule has 0 saturated heterocycles. The van der Waals surface area contributed by atoms with Gasteiger partial charge in [0.2, 0.25) is 5.43 Å². The molecule has 3 aromatic rings. The number of rotatable bonds is 3. The predicted octanol–water partition coefficient (Wildman–Crippen LogP) is 3.06. The van der Waals surface area contributed by atoms with Gasteiger partial charge in [-0.25, -0.2) is 4.39 Å². The van der Waals surface area contributed by atoms with E-state index in [-0.39, 0.29) is 22.8 Å². The van der Waals surface area contributed by atoms with Crippen molar-refractivity contribution in [2.45, 2.75) is 13.1 Å². The third-order valence-electron chi connectivity index (χ3n) is 4.66. The molecule has 0 fully saturated rings. The molecule has 1 N–H and O–H groups in total. The van der Waals surface area contributed by atoms with E-state index < -0.39 is 22.9 Å². The smallest absolute Gasteiger partial charge is 0.274 e. The first kappa shape index (κ1) is 18.2. The van der Waals surface area contributed by atoms with Gasteiger partial charge >= 0.3 is 0 Å². The van der Waals surface area contributed by atoms with Crippen molar-refractivity contribution in [2.24, 2.45) is 0 Å². The molecule has 0 atom stereocenters. The van der Waals surface area contributed by atoms with E-state index >= 15 is 0 Å². The van der Waals surface area contributed by atoms with E-state index in [1.165, 1.54) is 17.0 Å². The minimum atomic E-state index is -0.648. The van der Waals surface area contributed by atoms with Crippen molar-refractivity contribution in [1.29, 1.82) is 0 Å². The fraction of sp³-hybridized carbons (Fsp3) is 0.150. The molecule has 1 amide bonds. The Bertz CT molecular complexity index is 1130. The largest absolute Gasteiger partial charge is 0.503 e. The maximum Gasteiger partial charge on any atom is 0.274 e. The van der Waals surface area contributed by atoms with Crippen LogP contribution in [0.15, 0.2) is 53.6 Å². The zero-order chi connectivity index (χ0) is 19.8. The second kappa shape index (κ2) is 7.09. The first-order valence-electron chi connectivity index (χ1n) is 8.56. The fourth-order valence-corrected chi connectivity index (χ4v) is 3.45. The lowest BCUT2D eigenvalue weighted by Gasteiger charge is -2.30. The maximum atomic E-state index is 13.3. The Morgan fingerprint density at radius 2 is 2.00 bits per heavy atom. The number of halogens is 2. The van der Waals surface area contributed by atoms with E-state index in [4.69, 9.17) is 11.6 Å². The number of fused-ring (bicyclic) bond motifs is 1. The summed E-state index contributed by atoms with van der Waals surface area (Å²) in [5.74, 6) is -1.61. The maximum absolute atomic E-state index is 13.3. The predicted molar refractivity (Wildman–Crippen MR) is 102 cm³/mol. The SMILES string of the molecule is O=C1c2c(O)c(=O)c(-c3ccccn3)cn2CCN1Cc1ccc(F)c(Cl)c1. The van der Waals surface area contributed by atoms with Crippen molar-refractivity contribution in [3.8, 4) is 17.0 Å². The van der Waals surface area contributed by atoms with Gasteiger partial charge in [-0.1, -0.05) is 23.7 Å². The Kier molecular flexibility index (Phi) is 4.60. The number of carbonyl (C=O) groups is 1. The van der Waals surface area contributed by atoms with Gasteiger partial charge in [-0.15, -0.1) is 0 Å². The summed E-state index contributed by atoms with van der Waals surface area (Å²) in [6, 6.07) is 9.36. The number of nitrogens with zero attached hydrogens (tertiary/aromatic N) is 3. The van der Waals surface area contributed by atoms with Gasteiger partial charge in [0.25, 0.3) is 5.91 Å². The Morgan fingerprint density at radius 3 is 2.71 bits per heavy atom. The highest BCUT2D eigenvalue weighted by molar-refractivity contribution is 6.30. The van der Waals surface area contributed by atoms with Gasteiger partial charge in [-0.2, -0.15) is 0 Å². The van der Waals surface area contributed by atoms with Crippen LogP contribution in [0.3, 0.4) is 0 Å². The molecule has 1 aliphatic rings. The molecule has 0 saturated carbocycles. The van der Waals surface area contributed by atoms with Gasteiger partial charge in [0.1, 0.15) is 5.82 Å². The molecule has 8 heteroatoms. The molecule has 0 bridgehead atoms. The van der Waals surface area contributed by atoms with Crippen molar-refractivity contribution in [3.63, 3.8) is 0 Å². The van der Waals surface area contributed by atoms with Gasteiger partial charge in [-0.3, -0.25) is 14.6 Å². The number of pyridine rings is 2. The Balaban J connectivity index is 1.69. The molecule has 1 aromatic carbocycles. The van der Waals surface area contributed by atoms with Crippen molar-refractivity contribution >= 4 is 17.5 Å². The van der Waals surface area contributed by atoms with E-state index in [1.54, 1.807) is 41.2 Å². The summed E-state index contributed by atoms with van der Waals surface area (Å²) in [4.78, 5) is 31.1. The molecule has 0 radical (unpaired) electrons. The van der Waals surface area contributed by atoms with E-state index in [0.29, 0.717) is 24.3 Å². The van der Waals surface area contributed by atoms with Gasteiger partial charge in [0.05, 0.1) is 16.3 Å². The molecule has 28 heavy (non-hydrogen) atoms. The summed E-state index contributed by atoms with van der Waals surface area (Å²) >= 11 is 5.80. The van der Waals surface area contributed by atoms with Crippen molar-refractivity contribution in [3.05, 3.63) is 81.1 Å². The van der Waals surface area contributed by atoms with E-state index in [9.17, 15) is 19.1 Å². The monoisotopic (exact) mass is 399 g/mol. The van der Waals surface area contributed by atoms with E-state index in [1.807, 2.05) is 0 Å². The summed E-state index contributed by atoms with van der Waals surface area (Å²) in [7, 11) is 0. The van der Waals surface area contributed by atoms with Gasteiger partial charge < -0.3 is 14.6 Å². The Morgan fingerprint density at radius 1 is 1.18 bits per heavy atom. The summed E-state index contributed by atoms with van der Waals surface area (Å²) < 4.78 is 14.9. The van der Waals surface area contributed by atoms with Crippen LogP contribution in [0.25, 0.3) is 11.3 Å². The highest BCUT2D eigenvalue weighted by Crippen LogP contribution is 2.25. The third-order valence-corrected chi connectivity index (χ3v) is 4.94. The molecular weight excluding hydrogens is 385 g/mol. The van der Waals surface area contributed by atoms with Gasteiger partial charge in [0, 0.05) is 32.0 Å². The van der Waals surface area contributed by atoms with Crippen LogP contribution in [0.2, 0.25) is 5.02 Å². The lowest BCUT2D eigenvalue weighted by Crippen LogP contribution is -2.41. The van der Waals surface area contributed by atoms with Gasteiger partial charge in [-0.05, 0) is 29.8 Å². The summed E-state index contributed by atoms with van der Waals surface area (Å²) in [5.41, 5.74) is 0.594. The molecular formula is C20H15ClFN3O3. The number of hydrogen-bond donors (Lipinski definition) is 1. The number of amides is 1. The third kappa shape index (κ3) is 3.14. The lowest BCUT2D eigenvalue weighted by molar-refractivity contribution is 0.0683. The number of carbonyl (C=O) groups excluding carboxylic acids is 1. The number of hydrogen-bond acceptors (Lipinski definition) is 4. The average molecular weight is 400 g/mol. The zero-order valence-corrected chi connectivity index (χ0v) is 15.4. The molecule has 0 aliphatic carbocycles. The fourth-order valence-electron chi connectivity index (χ4n) is 3.24. The topological polar surface area (TPSA) is 75.4 Å². The summed E-state index contributed by atoms with van der Waals surface area (Å²) in [5, 5.41) is 10.4. The van der Waals surface area contributed by atoms with Gasteiger partial charge in [0.15, 0.2) is 11.4 Å². The number of benzene rings is 1. The van der Waals surface area contributed by atoms with Crippen LogP contribution in [-0.2, 0) is 13.1 Å². The van der Waals surface area contributed by atoms with Crippen molar-refractivity contribution in [1.82, 2.24) is 14.5 Å². The first-order chi connectivity index (χ1) is 13.5. The highest BCUT2D eigenvalue weighted by Gasteiger charge is 2.30. The number of aromatic hydroxyl groups is 1. The Hall–Kier alpha value is -3.19. The Labute approximate surface area is 164 Å². The summed E-state index contributed by atoms with van der Waals surface area (Å²) in [6.45, 7) is 0.947. The van der Waals surface area contributed by atoms with Crippen LogP contribution in [-0.4, -0.2) is 32.0 Å². The van der Waals surface area contributed by atoms with Crippen LogP contribution in [0.5, 0.6) is 5.75 Å². The zero-order valence-electron chi connectivity index (χ0n) is 14.6.